The van der Waals surface area contributed by atoms with Gasteiger partial charge in [-0.15, -0.1) is 0 Å². The second-order valence-corrected chi connectivity index (χ2v) is 22.0. The van der Waals surface area contributed by atoms with Gasteiger partial charge in [0.25, 0.3) is 0 Å². The van der Waals surface area contributed by atoms with Crippen LogP contribution in [-0.2, 0) is 48.8 Å². The van der Waals surface area contributed by atoms with E-state index in [1.807, 2.05) is 0 Å². The molecule has 0 aromatic carbocycles. The second-order valence-electron chi connectivity index (χ2n) is 7.70. The van der Waals surface area contributed by atoms with E-state index in [1.165, 1.54) is 25.7 Å². The zero-order valence-corrected chi connectivity index (χ0v) is 22.5. The van der Waals surface area contributed by atoms with Gasteiger partial charge in [-0.05, 0) is 30.6 Å². The standard InChI is InChI=1S/C12H27OPSi2.5CO.W/c1-15(2,3)11(16(4,5)6)14-12(13-14)9-7-8-10-12;5*1-2;/h11H,7-10H2,1-6H3;;;;;;/t14-;;;;;;/m0....../s1. The molecule has 1 aliphatic carbocycles. The Morgan fingerprint density at radius 2 is 0.963 bits per heavy atom. The Morgan fingerprint density at radius 3 is 1.19 bits per heavy atom. The van der Waals surface area contributed by atoms with E-state index < -0.39 is 16.1 Å². The Labute approximate surface area is 181 Å². The van der Waals surface area contributed by atoms with Gasteiger partial charge in [0.05, 0.1) is 24.3 Å². The van der Waals surface area contributed by atoms with Gasteiger partial charge in [-0.1, -0.05) is 39.3 Å². The molecule has 1 atom stereocenters. The Balaban J connectivity index is -0.000000128. The van der Waals surface area contributed by atoms with Gasteiger partial charge in [-0.25, -0.2) is 0 Å². The van der Waals surface area contributed by atoms with Crippen molar-refractivity contribution in [3.8, 4) is 0 Å². The summed E-state index contributed by atoms with van der Waals surface area (Å²) in [7, 11) is -2.15. The Morgan fingerprint density at radius 1 is 0.704 bits per heavy atom. The first kappa shape index (κ1) is 37.9. The molecule has 0 aromatic heterocycles. The molecule has 1 spiro atoms. The molecule has 0 bridgehead atoms. The van der Waals surface area contributed by atoms with Crippen molar-refractivity contribution in [2.75, 3.05) is 0 Å². The van der Waals surface area contributed by atoms with Crippen LogP contribution in [0.3, 0.4) is 0 Å². The molecular weight excluding hydrogens is 571 g/mol. The van der Waals surface area contributed by atoms with Crippen LogP contribution in [0, 0.1) is 33.3 Å². The van der Waals surface area contributed by atoms with Crippen LogP contribution in [-0.4, -0.2) is 26.4 Å². The molecule has 0 unspecified atom stereocenters. The normalized spacial score (nSPS) is 17.6. The van der Waals surface area contributed by atoms with Crippen molar-refractivity contribution >= 4 is 24.3 Å². The molecule has 1 saturated heterocycles. The van der Waals surface area contributed by atoms with Gasteiger partial charge < -0.3 is 4.52 Å². The van der Waals surface area contributed by atoms with Gasteiger partial charge in [0.2, 0.25) is 0 Å². The summed E-state index contributed by atoms with van der Waals surface area (Å²) in [4.78, 5) is 1.01. The molecule has 10 heteroatoms. The quantitative estimate of drug-likeness (QED) is 0.153. The van der Waals surface area contributed by atoms with Gasteiger partial charge in [0, 0.05) is 21.1 Å². The molecule has 0 aromatic rings. The van der Waals surface area contributed by atoms with Gasteiger partial charge in [-0.3, -0.25) is 0 Å². The summed E-state index contributed by atoms with van der Waals surface area (Å²) in [6, 6.07) is 0. The summed E-state index contributed by atoms with van der Waals surface area (Å²) in [5.41, 5.74) is 0. The molecular formula is C17H27O6PSi2W. The molecule has 2 rings (SSSR count). The topological polar surface area (TPSA) is 112 Å². The zero-order valence-electron chi connectivity index (χ0n) is 16.7. The van der Waals surface area contributed by atoms with Crippen LogP contribution < -0.4 is 0 Å². The summed E-state index contributed by atoms with van der Waals surface area (Å²) < 4.78 is 43.8. The average molecular weight is 598 g/mol. The van der Waals surface area contributed by atoms with E-state index in [4.69, 9.17) is 27.8 Å². The van der Waals surface area contributed by atoms with E-state index >= 15 is 0 Å². The van der Waals surface area contributed by atoms with Crippen LogP contribution in [0.5, 0.6) is 0 Å². The molecule has 6 nitrogen and oxygen atoms in total. The van der Waals surface area contributed by atoms with Gasteiger partial charge >= 0.3 is 56.5 Å². The Bertz CT molecular complexity index is 422. The van der Waals surface area contributed by atoms with E-state index in [2.05, 4.69) is 72.5 Å². The minimum absolute atomic E-state index is 0. The van der Waals surface area contributed by atoms with Gasteiger partial charge in [0.1, 0.15) is 5.34 Å². The van der Waals surface area contributed by atoms with Crippen LogP contribution >= 0.6 is 8.15 Å². The van der Waals surface area contributed by atoms with Gasteiger partial charge in [-0.2, -0.15) is 0 Å². The zero-order chi connectivity index (χ0) is 22.2. The van der Waals surface area contributed by atoms with Crippen LogP contribution in [0.25, 0.3) is 0 Å². The number of rotatable bonds is 3. The summed E-state index contributed by atoms with van der Waals surface area (Å²) in [6.07, 6.45) is 5.60. The molecule has 150 valence electrons. The third-order valence-corrected chi connectivity index (χ3v) is 20.6. The molecule has 0 amide bonds. The predicted octanol–water partition coefficient (Wildman–Crippen LogP) is 4.62. The largest absolute Gasteiger partial charge is 0 e. The van der Waals surface area contributed by atoms with Crippen molar-refractivity contribution in [1.29, 1.82) is 0 Å². The molecule has 0 N–H and O–H groups in total. The minimum atomic E-state index is -1.05. The SMILES string of the molecule is C[Si](C)(C)C([P@]1OC12CCCC2)[Si](C)(C)C.[C-]#[O+].[C-]#[O+].[C-]#[O+].[C-]#[O+].[C-]#[O+].[W]. The summed E-state index contributed by atoms with van der Waals surface area (Å²) in [5, 5.41) is 0.431. The van der Waals surface area contributed by atoms with E-state index in [1.54, 1.807) is 0 Å². The fourth-order valence-corrected chi connectivity index (χ4v) is 23.4. The molecule has 2 aliphatic rings. The first-order chi connectivity index (χ1) is 12.2. The van der Waals surface area contributed by atoms with Crippen LogP contribution in [0.4, 0.5) is 0 Å². The molecule has 0 radical (unpaired) electrons. The molecule has 2 fully saturated rings. The number of hydrogen-bond donors (Lipinski definition) is 0. The van der Waals surface area contributed by atoms with Crippen molar-refractivity contribution in [2.45, 2.75) is 75.2 Å². The first-order valence-electron chi connectivity index (χ1n) is 7.67. The Hall–Kier alpha value is 0.212. The summed E-state index contributed by atoms with van der Waals surface area (Å²) in [5.74, 6) is 0. The monoisotopic (exact) mass is 598 g/mol. The maximum atomic E-state index is 7.50. The van der Waals surface area contributed by atoms with Crippen LogP contribution in [0.15, 0.2) is 0 Å². The van der Waals surface area contributed by atoms with E-state index in [0.717, 1.165) is 4.91 Å². The maximum Gasteiger partial charge on any atom is 0 e. The second kappa shape index (κ2) is 19.5. The molecule has 1 heterocycles. The smallest absolute Gasteiger partial charge is 0 e. The van der Waals surface area contributed by atoms with Gasteiger partial charge in [0.15, 0.2) is 0 Å². The molecule has 1 saturated carbocycles. The predicted molar refractivity (Wildman–Crippen MR) is 99.3 cm³/mol. The van der Waals surface area contributed by atoms with E-state index in [0.29, 0.717) is 5.34 Å². The van der Waals surface area contributed by atoms with Crippen molar-refractivity contribution in [3.63, 3.8) is 0 Å². The fourth-order valence-electron chi connectivity index (χ4n) is 3.69. The third-order valence-electron chi connectivity index (χ3n) is 3.90. The van der Waals surface area contributed by atoms with Crippen molar-refractivity contribution in [1.82, 2.24) is 0 Å². The van der Waals surface area contributed by atoms with Crippen molar-refractivity contribution < 1.29 is 48.8 Å². The van der Waals surface area contributed by atoms with Crippen molar-refractivity contribution in [3.05, 3.63) is 33.3 Å². The first-order valence-corrected chi connectivity index (χ1v) is 16.2. The minimum Gasteiger partial charge on any atom is 0 e. The molecule has 1 aliphatic heterocycles. The Kier molecular flexibility index (Phi) is 27.4. The number of hydrogen-bond acceptors (Lipinski definition) is 1. The van der Waals surface area contributed by atoms with Crippen LogP contribution in [0.2, 0.25) is 39.3 Å². The maximum absolute atomic E-state index is 7.50. The average Bonchev–Trinajstić information content (AvgIpc) is 3.07. The van der Waals surface area contributed by atoms with E-state index in [9.17, 15) is 0 Å². The van der Waals surface area contributed by atoms with Crippen LogP contribution in [0.1, 0.15) is 25.7 Å². The van der Waals surface area contributed by atoms with E-state index in [-0.39, 0.29) is 29.2 Å². The fraction of sp³-hybridized carbons (Fsp3) is 0.706. The van der Waals surface area contributed by atoms with Crippen molar-refractivity contribution in [2.24, 2.45) is 0 Å². The summed E-state index contributed by atoms with van der Waals surface area (Å²) >= 11 is 0. The summed E-state index contributed by atoms with van der Waals surface area (Å²) in [6.45, 7) is 37.8. The molecule has 27 heavy (non-hydrogen) atoms. The third kappa shape index (κ3) is 13.1.